The maximum Gasteiger partial charge on any atom is 0.306 e. The third-order valence-electron chi connectivity index (χ3n) is 9.65. The highest BCUT2D eigenvalue weighted by atomic mass is 16.5. The highest BCUT2D eigenvalue weighted by molar-refractivity contribution is 6.00. The van der Waals surface area contributed by atoms with Gasteiger partial charge in [0, 0.05) is 32.2 Å². The van der Waals surface area contributed by atoms with Crippen LogP contribution in [-0.4, -0.2) is 88.7 Å². The van der Waals surface area contributed by atoms with Crippen molar-refractivity contribution < 1.29 is 33.8 Å². The first-order valence-corrected chi connectivity index (χ1v) is 16.6. The van der Waals surface area contributed by atoms with Crippen LogP contribution in [0.4, 0.5) is 0 Å². The Bertz CT molecular complexity index is 1280. The molecule has 5 bridgehead atoms. The fourth-order valence-corrected chi connectivity index (χ4v) is 7.38. The zero-order valence-corrected chi connectivity index (χ0v) is 26.4. The van der Waals surface area contributed by atoms with Crippen LogP contribution >= 0.6 is 0 Å². The number of carbonyl (C=O) groups is 4. The molecule has 1 unspecified atom stereocenters. The van der Waals surface area contributed by atoms with Crippen molar-refractivity contribution in [2.24, 2.45) is 11.8 Å². The van der Waals surface area contributed by atoms with E-state index < -0.39 is 35.6 Å². The average Bonchev–Trinajstić information content (AvgIpc) is 3.68. The van der Waals surface area contributed by atoms with Crippen LogP contribution in [0.5, 0.6) is 0 Å². The molecule has 10 nitrogen and oxygen atoms in total. The van der Waals surface area contributed by atoms with Gasteiger partial charge in [-0.2, -0.15) is 0 Å². The monoisotopic (exact) mass is 621 g/mol. The summed E-state index contributed by atoms with van der Waals surface area (Å²) in [5.41, 5.74) is -0.468. The minimum absolute atomic E-state index is 0.0421. The van der Waals surface area contributed by atoms with Gasteiger partial charge in [0.05, 0.1) is 24.0 Å². The predicted octanol–water partition coefficient (Wildman–Crippen LogP) is 3.46. The Balaban J connectivity index is 1.52. The molecule has 1 spiro atoms. The molecule has 244 valence electrons. The summed E-state index contributed by atoms with van der Waals surface area (Å²) in [6.07, 6.45) is 12.1. The topological polar surface area (TPSA) is 125 Å². The van der Waals surface area contributed by atoms with Gasteiger partial charge in [0.25, 0.3) is 0 Å². The summed E-state index contributed by atoms with van der Waals surface area (Å²) in [6, 6.07) is 7.71. The van der Waals surface area contributed by atoms with E-state index >= 15 is 0 Å². The summed E-state index contributed by atoms with van der Waals surface area (Å²) in [5.74, 6) is -2.87. The van der Waals surface area contributed by atoms with Gasteiger partial charge in [-0.3, -0.25) is 19.2 Å². The molecule has 0 aliphatic carbocycles. The van der Waals surface area contributed by atoms with E-state index in [4.69, 9.17) is 9.47 Å². The quantitative estimate of drug-likeness (QED) is 0.233. The molecule has 5 rings (SSSR count). The molecule has 10 heteroatoms. The lowest BCUT2D eigenvalue weighted by molar-refractivity contribution is -0.149. The van der Waals surface area contributed by atoms with Crippen LogP contribution in [0.15, 0.2) is 54.6 Å². The highest BCUT2D eigenvalue weighted by Gasteiger charge is 2.73. The van der Waals surface area contributed by atoms with Gasteiger partial charge in [0.1, 0.15) is 18.2 Å². The molecule has 2 fully saturated rings. The number of rotatable bonds is 10. The van der Waals surface area contributed by atoms with Crippen molar-refractivity contribution in [2.75, 3.05) is 26.3 Å². The minimum atomic E-state index is -1.25. The van der Waals surface area contributed by atoms with Gasteiger partial charge in [0.15, 0.2) is 0 Å². The second-order valence-corrected chi connectivity index (χ2v) is 12.7. The fourth-order valence-electron chi connectivity index (χ4n) is 7.38. The van der Waals surface area contributed by atoms with Gasteiger partial charge < -0.3 is 29.7 Å². The zero-order chi connectivity index (χ0) is 32.0. The molecule has 45 heavy (non-hydrogen) atoms. The van der Waals surface area contributed by atoms with Crippen LogP contribution in [0.25, 0.3) is 0 Å². The molecule has 1 aromatic carbocycles. The SMILES string of the molecule is CCCC(C)N1C/C=C\CCC(=O)OC[C@@H](c2ccccc2)NC(=O)[C@@H]2[C@@H]3C=C[C@]4(O3)[C@H](C1=O)N(CCCCCCO)C(=O)[C@@H]24. The lowest BCUT2D eigenvalue weighted by Gasteiger charge is -2.38. The van der Waals surface area contributed by atoms with Gasteiger partial charge in [-0.1, -0.05) is 80.8 Å². The molecule has 2 saturated heterocycles. The number of aliphatic hydroxyl groups is 1. The summed E-state index contributed by atoms with van der Waals surface area (Å²) in [5, 5.41) is 12.3. The number of aliphatic hydroxyl groups excluding tert-OH is 1. The maximum atomic E-state index is 14.7. The normalized spacial score (nSPS) is 31.6. The number of esters is 1. The Morgan fingerprint density at radius 3 is 2.58 bits per heavy atom. The lowest BCUT2D eigenvalue weighted by atomic mass is 9.74. The third kappa shape index (κ3) is 6.72. The number of carbonyl (C=O) groups excluding carboxylic acids is 4. The molecule has 0 saturated carbocycles. The molecule has 2 N–H and O–H groups in total. The second-order valence-electron chi connectivity index (χ2n) is 12.7. The Kier molecular flexibility index (Phi) is 10.8. The predicted molar refractivity (Wildman–Crippen MR) is 168 cm³/mol. The summed E-state index contributed by atoms with van der Waals surface area (Å²) in [6.45, 7) is 4.86. The van der Waals surface area contributed by atoms with Crippen LogP contribution in [0.1, 0.15) is 76.8 Å². The maximum absolute atomic E-state index is 14.7. The van der Waals surface area contributed by atoms with Crippen LogP contribution in [-0.2, 0) is 28.7 Å². The van der Waals surface area contributed by atoms with Crippen molar-refractivity contribution in [2.45, 2.75) is 95.0 Å². The van der Waals surface area contributed by atoms with Crippen molar-refractivity contribution in [1.29, 1.82) is 0 Å². The Hall–Kier alpha value is -3.50. The van der Waals surface area contributed by atoms with Crippen molar-refractivity contribution >= 4 is 23.7 Å². The first kappa shape index (κ1) is 32.9. The van der Waals surface area contributed by atoms with Gasteiger partial charge in [-0.05, 0) is 38.2 Å². The Morgan fingerprint density at radius 2 is 1.82 bits per heavy atom. The average molecular weight is 622 g/mol. The van der Waals surface area contributed by atoms with Gasteiger partial charge in [-0.15, -0.1) is 0 Å². The summed E-state index contributed by atoms with van der Waals surface area (Å²) in [7, 11) is 0. The summed E-state index contributed by atoms with van der Waals surface area (Å²) >= 11 is 0. The van der Waals surface area contributed by atoms with E-state index in [1.165, 1.54) is 0 Å². The van der Waals surface area contributed by atoms with Crippen LogP contribution in [0, 0.1) is 11.8 Å². The lowest BCUT2D eigenvalue weighted by Crippen LogP contribution is -2.57. The third-order valence-corrected chi connectivity index (χ3v) is 9.65. The molecular weight excluding hydrogens is 574 g/mol. The molecule has 0 radical (unpaired) electrons. The van der Waals surface area contributed by atoms with E-state index in [2.05, 4.69) is 12.2 Å². The number of fused-ring (bicyclic) bond motifs is 2. The second kappa shape index (κ2) is 14.7. The molecule has 4 heterocycles. The molecule has 4 aliphatic rings. The number of ether oxygens (including phenoxy) is 2. The molecule has 0 aromatic heterocycles. The number of likely N-dealkylation sites (tertiary alicyclic amines) is 1. The van der Waals surface area contributed by atoms with Crippen LogP contribution < -0.4 is 5.32 Å². The number of hydrogen-bond donors (Lipinski definition) is 2. The highest BCUT2D eigenvalue weighted by Crippen LogP contribution is 2.55. The molecular formula is C35H47N3O7. The number of unbranched alkanes of at least 4 members (excludes halogenated alkanes) is 3. The summed E-state index contributed by atoms with van der Waals surface area (Å²) in [4.78, 5) is 59.3. The van der Waals surface area contributed by atoms with Gasteiger partial charge >= 0.3 is 5.97 Å². The van der Waals surface area contributed by atoms with Crippen molar-refractivity contribution in [3.8, 4) is 0 Å². The number of nitrogens with zero attached hydrogens (tertiary/aromatic N) is 2. The standard InChI is InChI=1S/C35H47N3O7/c1-3-14-24(2)37-20-12-7-10-17-28(40)44-23-26(25-15-8-6-9-16-25)36-32(41)29-27-18-19-35(45-27)30(29)33(42)38(31(35)34(37)43)21-11-4-5-13-22-39/h6-9,12,15-16,18-19,24,26-27,29-31,39H,3-5,10-11,13-14,17,20-23H2,1-2H3,(H,36,41)/b12-7-/t24?,26-,27-,29+,30+,31-,35+/m0/s1. The van der Waals surface area contributed by atoms with Crippen molar-refractivity contribution in [1.82, 2.24) is 15.1 Å². The van der Waals surface area contributed by atoms with E-state index in [-0.39, 0.29) is 49.4 Å². The summed E-state index contributed by atoms with van der Waals surface area (Å²) < 4.78 is 12.2. The van der Waals surface area contributed by atoms with Gasteiger partial charge in [0.2, 0.25) is 17.7 Å². The Labute approximate surface area is 265 Å². The molecule has 4 aliphatic heterocycles. The van der Waals surface area contributed by atoms with Crippen LogP contribution in [0.3, 0.4) is 0 Å². The van der Waals surface area contributed by atoms with E-state index in [9.17, 15) is 24.3 Å². The first-order chi connectivity index (χ1) is 21.8. The smallest absolute Gasteiger partial charge is 0.306 e. The number of allylic oxidation sites excluding steroid dienone is 1. The van der Waals surface area contributed by atoms with Gasteiger partial charge in [-0.25, -0.2) is 0 Å². The van der Waals surface area contributed by atoms with E-state index in [0.717, 1.165) is 31.2 Å². The van der Waals surface area contributed by atoms with E-state index in [1.54, 1.807) is 4.90 Å². The Morgan fingerprint density at radius 1 is 1.04 bits per heavy atom. The van der Waals surface area contributed by atoms with Crippen LogP contribution in [0.2, 0.25) is 0 Å². The molecule has 1 aromatic rings. The number of nitrogens with one attached hydrogen (secondary N) is 1. The number of amides is 3. The zero-order valence-electron chi connectivity index (χ0n) is 26.4. The molecule has 7 atom stereocenters. The van der Waals surface area contributed by atoms with Crippen molar-refractivity contribution in [3.63, 3.8) is 0 Å². The minimum Gasteiger partial charge on any atom is -0.463 e. The van der Waals surface area contributed by atoms with E-state index in [0.29, 0.717) is 32.4 Å². The van der Waals surface area contributed by atoms with E-state index in [1.807, 2.05) is 66.5 Å². The molecule has 3 amide bonds. The number of cyclic esters (lactones) is 1. The number of hydrogen-bond acceptors (Lipinski definition) is 7. The fraction of sp³-hybridized carbons (Fsp3) is 0.600. The largest absolute Gasteiger partial charge is 0.463 e. The first-order valence-electron chi connectivity index (χ1n) is 16.6. The number of benzene rings is 1. The van der Waals surface area contributed by atoms with Crippen molar-refractivity contribution in [3.05, 3.63) is 60.2 Å².